The lowest BCUT2D eigenvalue weighted by atomic mass is 9.77. The van der Waals surface area contributed by atoms with Gasteiger partial charge in [0.1, 0.15) is 5.75 Å². The van der Waals surface area contributed by atoms with E-state index in [1.54, 1.807) is 0 Å². The van der Waals surface area contributed by atoms with Gasteiger partial charge in [0, 0.05) is 23.1 Å². The lowest BCUT2D eigenvalue weighted by Gasteiger charge is -2.29. The molecule has 0 saturated carbocycles. The van der Waals surface area contributed by atoms with Gasteiger partial charge in [-0.1, -0.05) is 71.9 Å². The van der Waals surface area contributed by atoms with Crippen molar-refractivity contribution in [2.75, 3.05) is 13.3 Å². The predicted octanol–water partition coefficient (Wildman–Crippen LogP) is 6.50. The van der Waals surface area contributed by atoms with Crippen molar-refractivity contribution in [1.29, 1.82) is 0 Å². The summed E-state index contributed by atoms with van der Waals surface area (Å²) in [5.74, 6) is 0.748. The smallest absolute Gasteiger partial charge is 0.150 e. The molecule has 0 N–H and O–H groups in total. The molecule has 0 fully saturated rings. The first-order valence-corrected chi connectivity index (χ1v) is 9.52. The SMILES string of the molecule is CC(C)(C)c1cc(-c2ccccc2C=O)c(OCCCF)c(C(C)(C)C)c1. The van der Waals surface area contributed by atoms with Crippen molar-refractivity contribution in [3.05, 3.63) is 53.1 Å². The van der Waals surface area contributed by atoms with E-state index < -0.39 is 6.67 Å². The van der Waals surface area contributed by atoms with Crippen molar-refractivity contribution < 1.29 is 13.9 Å². The molecule has 0 aliphatic rings. The average Bonchev–Trinajstić information content (AvgIpc) is 2.60. The minimum Gasteiger partial charge on any atom is -0.493 e. The van der Waals surface area contributed by atoms with Gasteiger partial charge in [-0.3, -0.25) is 9.18 Å². The maximum atomic E-state index is 12.7. The molecule has 0 aliphatic heterocycles. The molecule has 146 valence electrons. The van der Waals surface area contributed by atoms with Crippen LogP contribution in [0.15, 0.2) is 36.4 Å². The quantitative estimate of drug-likeness (QED) is 0.428. The summed E-state index contributed by atoms with van der Waals surface area (Å²) >= 11 is 0. The Hall–Kier alpha value is -2.16. The molecule has 0 heterocycles. The molecule has 0 amide bonds. The molecule has 0 radical (unpaired) electrons. The summed E-state index contributed by atoms with van der Waals surface area (Å²) in [5.41, 5.74) is 4.41. The first-order chi connectivity index (χ1) is 12.6. The highest BCUT2D eigenvalue weighted by atomic mass is 19.1. The Balaban J connectivity index is 2.82. The average molecular weight is 371 g/mol. The van der Waals surface area contributed by atoms with Gasteiger partial charge in [-0.2, -0.15) is 0 Å². The second kappa shape index (κ2) is 8.24. The van der Waals surface area contributed by atoms with E-state index in [1.807, 2.05) is 24.3 Å². The number of carbonyl (C=O) groups is 1. The van der Waals surface area contributed by atoms with Crippen LogP contribution in [0.4, 0.5) is 4.39 Å². The summed E-state index contributed by atoms with van der Waals surface area (Å²) in [5, 5.41) is 0. The molecule has 0 aliphatic carbocycles. The van der Waals surface area contributed by atoms with Gasteiger partial charge in [0.25, 0.3) is 0 Å². The first kappa shape index (κ1) is 21.1. The van der Waals surface area contributed by atoms with E-state index in [0.29, 0.717) is 18.6 Å². The van der Waals surface area contributed by atoms with E-state index in [4.69, 9.17) is 4.74 Å². The second-order valence-electron chi connectivity index (χ2n) is 9.00. The zero-order chi connectivity index (χ0) is 20.2. The van der Waals surface area contributed by atoms with E-state index >= 15 is 0 Å². The van der Waals surface area contributed by atoms with Crippen molar-refractivity contribution in [1.82, 2.24) is 0 Å². The Kier molecular flexibility index (Phi) is 6.46. The van der Waals surface area contributed by atoms with Crippen LogP contribution in [0.3, 0.4) is 0 Å². The van der Waals surface area contributed by atoms with Crippen LogP contribution < -0.4 is 4.74 Å². The molecule has 0 saturated heterocycles. The topological polar surface area (TPSA) is 26.3 Å². The van der Waals surface area contributed by atoms with Crippen molar-refractivity contribution in [2.24, 2.45) is 0 Å². The second-order valence-corrected chi connectivity index (χ2v) is 9.00. The molecule has 0 unspecified atom stereocenters. The van der Waals surface area contributed by atoms with Crippen LogP contribution in [-0.4, -0.2) is 19.6 Å². The molecule has 0 atom stereocenters. The summed E-state index contributed by atoms with van der Waals surface area (Å²) in [7, 11) is 0. The van der Waals surface area contributed by atoms with Crippen molar-refractivity contribution in [2.45, 2.75) is 58.8 Å². The highest BCUT2D eigenvalue weighted by Gasteiger charge is 2.27. The van der Waals surface area contributed by atoms with Crippen LogP contribution in [-0.2, 0) is 10.8 Å². The first-order valence-electron chi connectivity index (χ1n) is 9.52. The maximum Gasteiger partial charge on any atom is 0.150 e. The number of halogens is 1. The van der Waals surface area contributed by atoms with E-state index in [2.05, 4.69) is 53.7 Å². The number of alkyl halides is 1. The molecule has 2 nitrogen and oxygen atoms in total. The molecule has 3 heteroatoms. The fourth-order valence-electron chi connectivity index (χ4n) is 3.05. The van der Waals surface area contributed by atoms with Gasteiger partial charge in [-0.15, -0.1) is 0 Å². The minimum absolute atomic E-state index is 0.0532. The standard InChI is InChI=1S/C24H31FO2/c1-23(2,3)18-14-20(19-11-8-7-10-17(19)16-26)22(27-13-9-12-25)21(15-18)24(4,5)6/h7-8,10-11,14-16H,9,12-13H2,1-6H3. The zero-order valence-electron chi connectivity index (χ0n) is 17.4. The number of ether oxygens (including phenoxy) is 1. The Morgan fingerprint density at radius 1 is 0.963 bits per heavy atom. The van der Waals surface area contributed by atoms with Gasteiger partial charge in [-0.05, 0) is 28.0 Å². The van der Waals surface area contributed by atoms with Crippen molar-refractivity contribution in [3.63, 3.8) is 0 Å². The van der Waals surface area contributed by atoms with Gasteiger partial charge in [0.2, 0.25) is 0 Å². The Morgan fingerprint density at radius 2 is 1.63 bits per heavy atom. The number of rotatable bonds is 6. The number of hydrogen-bond donors (Lipinski definition) is 0. The summed E-state index contributed by atoms with van der Waals surface area (Å²) < 4.78 is 18.8. The molecule has 0 spiro atoms. The van der Waals surface area contributed by atoms with Gasteiger partial charge in [0.05, 0.1) is 13.3 Å². The van der Waals surface area contributed by atoms with E-state index in [1.165, 1.54) is 5.56 Å². The largest absolute Gasteiger partial charge is 0.493 e. The van der Waals surface area contributed by atoms with Gasteiger partial charge in [-0.25, -0.2) is 0 Å². The van der Waals surface area contributed by atoms with Crippen LogP contribution in [0.1, 0.15) is 69.4 Å². The van der Waals surface area contributed by atoms with Crippen LogP contribution in [0.5, 0.6) is 5.75 Å². The Labute approximate surface area is 162 Å². The number of carbonyl (C=O) groups excluding carboxylic acids is 1. The van der Waals surface area contributed by atoms with Gasteiger partial charge < -0.3 is 4.74 Å². The fourth-order valence-corrected chi connectivity index (χ4v) is 3.05. The maximum absolute atomic E-state index is 12.7. The molecule has 2 aromatic carbocycles. The molecule has 0 aromatic heterocycles. The Morgan fingerprint density at radius 3 is 2.19 bits per heavy atom. The van der Waals surface area contributed by atoms with Crippen LogP contribution in [0.25, 0.3) is 11.1 Å². The fraction of sp³-hybridized carbons (Fsp3) is 0.458. The van der Waals surface area contributed by atoms with Crippen LogP contribution >= 0.6 is 0 Å². The van der Waals surface area contributed by atoms with E-state index in [0.717, 1.165) is 28.7 Å². The molecule has 2 aromatic rings. The highest BCUT2D eigenvalue weighted by Crippen LogP contribution is 2.43. The monoisotopic (exact) mass is 370 g/mol. The van der Waals surface area contributed by atoms with Crippen molar-refractivity contribution in [3.8, 4) is 16.9 Å². The highest BCUT2D eigenvalue weighted by molar-refractivity contribution is 5.90. The summed E-state index contributed by atoms with van der Waals surface area (Å²) in [6, 6.07) is 11.8. The number of hydrogen-bond acceptors (Lipinski definition) is 2. The van der Waals surface area contributed by atoms with E-state index in [9.17, 15) is 9.18 Å². The minimum atomic E-state index is -0.412. The van der Waals surface area contributed by atoms with Crippen LogP contribution in [0, 0.1) is 0 Å². The van der Waals surface area contributed by atoms with E-state index in [-0.39, 0.29) is 10.8 Å². The molecule has 2 rings (SSSR count). The molecule has 0 bridgehead atoms. The van der Waals surface area contributed by atoms with Crippen LogP contribution in [0.2, 0.25) is 0 Å². The number of benzene rings is 2. The van der Waals surface area contributed by atoms with Gasteiger partial charge >= 0.3 is 0 Å². The van der Waals surface area contributed by atoms with Crippen molar-refractivity contribution >= 4 is 6.29 Å². The zero-order valence-corrected chi connectivity index (χ0v) is 17.4. The Bertz CT molecular complexity index is 795. The summed E-state index contributed by atoms with van der Waals surface area (Å²) in [4.78, 5) is 11.6. The third-order valence-electron chi connectivity index (χ3n) is 4.67. The lowest BCUT2D eigenvalue weighted by molar-refractivity contribution is 0.112. The third kappa shape index (κ3) is 4.97. The summed E-state index contributed by atoms with van der Waals surface area (Å²) in [6.07, 6.45) is 1.22. The molecular weight excluding hydrogens is 339 g/mol. The molecular formula is C24H31FO2. The summed E-state index contributed by atoms with van der Waals surface area (Å²) in [6.45, 7) is 12.9. The third-order valence-corrected chi connectivity index (χ3v) is 4.67. The van der Waals surface area contributed by atoms with Gasteiger partial charge in [0.15, 0.2) is 6.29 Å². The normalized spacial score (nSPS) is 12.1. The number of aldehydes is 1. The lowest BCUT2D eigenvalue weighted by Crippen LogP contribution is -2.19. The predicted molar refractivity (Wildman–Crippen MR) is 111 cm³/mol. The molecule has 27 heavy (non-hydrogen) atoms.